The first-order valence-corrected chi connectivity index (χ1v) is 9.26. The van der Waals surface area contributed by atoms with Gasteiger partial charge < -0.3 is 9.47 Å². The van der Waals surface area contributed by atoms with Crippen LogP contribution in [0, 0.1) is 5.82 Å². The van der Waals surface area contributed by atoms with Crippen molar-refractivity contribution < 1.29 is 13.9 Å². The molecule has 1 saturated heterocycles. The van der Waals surface area contributed by atoms with E-state index in [1.165, 1.54) is 37.0 Å². The Kier molecular flexibility index (Phi) is 4.93. The lowest BCUT2D eigenvalue weighted by Crippen LogP contribution is -2.33. The molecule has 0 aliphatic carbocycles. The first kappa shape index (κ1) is 17.1. The Labute approximate surface area is 154 Å². The maximum atomic E-state index is 13.5. The normalized spacial score (nSPS) is 17.6. The van der Waals surface area contributed by atoms with E-state index in [2.05, 4.69) is 4.90 Å². The molecule has 2 aliphatic heterocycles. The number of piperidine rings is 1. The number of ether oxygens (including phenoxy) is 2. The number of hydrogen-bond donors (Lipinski definition) is 0. The van der Waals surface area contributed by atoms with Crippen molar-refractivity contribution in [3.05, 3.63) is 65.0 Å². The van der Waals surface area contributed by atoms with Gasteiger partial charge in [0.25, 0.3) is 0 Å². The molecule has 2 aromatic rings. The minimum atomic E-state index is -0.218. The van der Waals surface area contributed by atoms with Crippen LogP contribution in [0.15, 0.2) is 48.0 Å². The van der Waals surface area contributed by atoms with Crippen LogP contribution in [-0.2, 0) is 0 Å². The molecule has 0 radical (unpaired) electrons. The van der Waals surface area contributed by atoms with Gasteiger partial charge in [0, 0.05) is 12.1 Å². The zero-order valence-corrected chi connectivity index (χ0v) is 15.1. The van der Waals surface area contributed by atoms with Crippen molar-refractivity contribution in [3.63, 3.8) is 0 Å². The van der Waals surface area contributed by atoms with Crippen LogP contribution in [0.2, 0.25) is 0 Å². The molecule has 2 aliphatic rings. The molecule has 0 saturated carbocycles. The summed E-state index contributed by atoms with van der Waals surface area (Å²) in [6.07, 6.45) is 3.83. The van der Waals surface area contributed by atoms with E-state index in [9.17, 15) is 4.39 Å². The molecule has 2 heterocycles. The van der Waals surface area contributed by atoms with Crippen molar-refractivity contribution in [1.29, 1.82) is 0 Å². The average Bonchev–Trinajstić information content (AvgIpc) is 2.69. The summed E-state index contributed by atoms with van der Waals surface area (Å²) in [5.41, 5.74) is 4.44. The van der Waals surface area contributed by atoms with Crippen molar-refractivity contribution >= 4 is 5.57 Å². The lowest BCUT2D eigenvalue weighted by molar-refractivity contribution is 0.234. The Morgan fingerprint density at radius 3 is 2.54 bits per heavy atom. The van der Waals surface area contributed by atoms with E-state index in [0.717, 1.165) is 47.8 Å². The predicted molar refractivity (Wildman–Crippen MR) is 101 cm³/mol. The second kappa shape index (κ2) is 7.50. The second-order valence-corrected chi connectivity index (χ2v) is 6.97. The molecule has 0 N–H and O–H groups in total. The molecule has 0 spiro atoms. The molecule has 136 valence electrons. The summed E-state index contributed by atoms with van der Waals surface area (Å²) in [5, 5.41) is 0. The monoisotopic (exact) mass is 353 g/mol. The predicted octanol–water partition coefficient (Wildman–Crippen LogP) is 4.51. The second-order valence-electron chi connectivity index (χ2n) is 6.97. The minimum Gasteiger partial charge on any atom is -0.497 e. The lowest BCUT2D eigenvalue weighted by atomic mass is 9.90. The Hall–Kier alpha value is -2.33. The van der Waals surface area contributed by atoms with Gasteiger partial charge in [-0.05, 0) is 73.0 Å². The van der Waals surface area contributed by atoms with Crippen LogP contribution in [-0.4, -0.2) is 38.3 Å². The van der Waals surface area contributed by atoms with Crippen LogP contribution in [0.1, 0.15) is 30.4 Å². The number of halogens is 1. The third-order valence-corrected chi connectivity index (χ3v) is 5.21. The van der Waals surface area contributed by atoms with E-state index >= 15 is 0 Å². The molecule has 4 heteroatoms. The van der Waals surface area contributed by atoms with Gasteiger partial charge in [-0.15, -0.1) is 0 Å². The zero-order valence-electron chi connectivity index (χ0n) is 15.1. The minimum absolute atomic E-state index is 0.218. The number of likely N-dealkylation sites (tertiary alicyclic amines) is 1. The van der Waals surface area contributed by atoms with E-state index in [1.807, 2.05) is 30.3 Å². The fraction of sp³-hybridized carbons (Fsp3) is 0.364. The van der Waals surface area contributed by atoms with Crippen LogP contribution in [0.25, 0.3) is 5.57 Å². The number of benzene rings is 2. The van der Waals surface area contributed by atoms with Crippen LogP contribution in [0.4, 0.5) is 4.39 Å². The average molecular weight is 353 g/mol. The first-order chi connectivity index (χ1) is 12.7. The van der Waals surface area contributed by atoms with Gasteiger partial charge in [0.05, 0.1) is 7.11 Å². The van der Waals surface area contributed by atoms with Gasteiger partial charge >= 0.3 is 0 Å². The summed E-state index contributed by atoms with van der Waals surface area (Å²) < 4.78 is 24.9. The Morgan fingerprint density at radius 1 is 1.04 bits per heavy atom. The summed E-state index contributed by atoms with van der Waals surface area (Å²) in [6, 6.07) is 12.6. The van der Waals surface area contributed by atoms with Gasteiger partial charge in [-0.2, -0.15) is 0 Å². The van der Waals surface area contributed by atoms with E-state index < -0.39 is 0 Å². The molecule has 2 aromatic carbocycles. The number of hydrogen-bond acceptors (Lipinski definition) is 3. The molecule has 3 nitrogen and oxygen atoms in total. The fourth-order valence-corrected chi connectivity index (χ4v) is 3.87. The van der Waals surface area contributed by atoms with Crippen molar-refractivity contribution in [1.82, 2.24) is 4.90 Å². The fourth-order valence-electron chi connectivity index (χ4n) is 3.87. The summed E-state index contributed by atoms with van der Waals surface area (Å²) in [4.78, 5) is 2.50. The van der Waals surface area contributed by atoms with Gasteiger partial charge in [0.2, 0.25) is 0 Å². The maximum absolute atomic E-state index is 13.5. The lowest BCUT2D eigenvalue weighted by Gasteiger charge is -2.31. The highest BCUT2D eigenvalue weighted by Crippen LogP contribution is 2.39. The van der Waals surface area contributed by atoms with Crippen LogP contribution >= 0.6 is 0 Å². The molecule has 4 rings (SSSR count). The Balaban J connectivity index is 1.79. The Morgan fingerprint density at radius 2 is 1.81 bits per heavy atom. The topological polar surface area (TPSA) is 21.7 Å². The van der Waals surface area contributed by atoms with Crippen molar-refractivity contribution in [3.8, 4) is 11.5 Å². The molecule has 0 aromatic heterocycles. The van der Waals surface area contributed by atoms with Crippen molar-refractivity contribution in [2.75, 3.05) is 33.4 Å². The summed E-state index contributed by atoms with van der Waals surface area (Å²) in [6.45, 7) is 3.72. The molecule has 26 heavy (non-hydrogen) atoms. The molecular formula is C22H24FNO2. The molecular weight excluding hydrogens is 329 g/mol. The smallest absolute Gasteiger partial charge is 0.127 e. The summed E-state index contributed by atoms with van der Waals surface area (Å²) in [7, 11) is 1.67. The third kappa shape index (κ3) is 3.47. The summed E-state index contributed by atoms with van der Waals surface area (Å²) in [5.74, 6) is 1.43. The highest BCUT2D eigenvalue weighted by Gasteiger charge is 2.24. The highest BCUT2D eigenvalue weighted by molar-refractivity contribution is 5.87. The number of methoxy groups -OCH3 is 1. The zero-order chi connectivity index (χ0) is 17.9. The number of rotatable bonds is 4. The van der Waals surface area contributed by atoms with Gasteiger partial charge in [-0.1, -0.05) is 18.6 Å². The highest BCUT2D eigenvalue weighted by atomic mass is 19.1. The van der Waals surface area contributed by atoms with E-state index in [0.29, 0.717) is 6.61 Å². The van der Waals surface area contributed by atoms with Gasteiger partial charge in [-0.3, -0.25) is 4.90 Å². The van der Waals surface area contributed by atoms with Gasteiger partial charge in [0.1, 0.15) is 23.9 Å². The van der Waals surface area contributed by atoms with E-state index in [-0.39, 0.29) is 5.82 Å². The third-order valence-electron chi connectivity index (χ3n) is 5.21. The SMILES string of the molecule is COc1ccc2c(c1)C(c1ccc(F)cc1)=C(CN1CCCCC1)CO2. The maximum Gasteiger partial charge on any atom is 0.127 e. The molecule has 0 unspecified atom stereocenters. The molecule has 0 bridgehead atoms. The largest absolute Gasteiger partial charge is 0.497 e. The van der Waals surface area contributed by atoms with E-state index in [1.54, 1.807) is 7.11 Å². The van der Waals surface area contributed by atoms with Crippen molar-refractivity contribution in [2.24, 2.45) is 0 Å². The van der Waals surface area contributed by atoms with E-state index in [4.69, 9.17) is 9.47 Å². The molecule has 0 amide bonds. The number of fused-ring (bicyclic) bond motifs is 1. The number of nitrogens with zero attached hydrogens (tertiary/aromatic N) is 1. The van der Waals surface area contributed by atoms with Gasteiger partial charge in [0.15, 0.2) is 0 Å². The summed E-state index contributed by atoms with van der Waals surface area (Å²) >= 11 is 0. The quantitative estimate of drug-likeness (QED) is 0.807. The molecule has 1 fully saturated rings. The van der Waals surface area contributed by atoms with Crippen LogP contribution in [0.5, 0.6) is 11.5 Å². The van der Waals surface area contributed by atoms with Crippen molar-refractivity contribution in [2.45, 2.75) is 19.3 Å². The standard InChI is InChI=1S/C22H24FNO2/c1-25-19-9-10-21-20(13-19)22(16-5-7-18(23)8-6-16)17(15-26-21)14-24-11-3-2-4-12-24/h5-10,13H,2-4,11-12,14-15H2,1H3. The molecule has 0 atom stereocenters. The Bertz CT molecular complexity index is 807. The van der Waals surface area contributed by atoms with Gasteiger partial charge in [-0.25, -0.2) is 4.39 Å². The van der Waals surface area contributed by atoms with Crippen LogP contribution in [0.3, 0.4) is 0 Å². The first-order valence-electron chi connectivity index (χ1n) is 9.26. The van der Waals surface area contributed by atoms with Crippen LogP contribution < -0.4 is 9.47 Å².